The van der Waals surface area contributed by atoms with Crippen molar-refractivity contribution < 1.29 is 19.0 Å². The quantitative estimate of drug-likeness (QED) is 0.122. The van der Waals surface area contributed by atoms with Gasteiger partial charge in [-0.1, -0.05) is 36.4 Å². The molecule has 1 aromatic heterocycles. The normalized spacial score (nSPS) is 10.6. The first-order valence-electron chi connectivity index (χ1n) is 12.4. The summed E-state index contributed by atoms with van der Waals surface area (Å²) in [6.45, 7) is 4.11. The number of hydrogen-bond donors (Lipinski definition) is 3. The van der Waals surface area contributed by atoms with Crippen LogP contribution in [-0.2, 0) is 9.53 Å². The van der Waals surface area contributed by atoms with E-state index in [1.54, 1.807) is 31.3 Å². The first-order valence-corrected chi connectivity index (χ1v) is 12.4. The highest BCUT2D eigenvalue weighted by molar-refractivity contribution is 5.81. The molecular formula is C28H29N7O4. The summed E-state index contributed by atoms with van der Waals surface area (Å²) in [5.74, 6) is 1.38. The van der Waals surface area contributed by atoms with E-state index in [1.807, 2.05) is 67.6 Å². The second-order valence-corrected chi connectivity index (χ2v) is 7.89. The molecule has 0 saturated carbocycles. The van der Waals surface area contributed by atoms with Crippen LogP contribution in [0.15, 0.2) is 84.0 Å². The van der Waals surface area contributed by atoms with Crippen LogP contribution < -0.4 is 25.5 Å². The van der Waals surface area contributed by atoms with Crippen molar-refractivity contribution >= 4 is 41.4 Å². The maximum absolute atomic E-state index is 11.6. The highest BCUT2D eigenvalue weighted by atomic mass is 16.6. The zero-order chi connectivity index (χ0) is 27.3. The first kappa shape index (κ1) is 26.9. The van der Waals surface area contributed by atoms with E-state index in [-0.39, 0.29) is 19.2 Å². The lowest BCUT2D eigenvalue weighted by Crippen LogP contribution is -2.15. The number of ether oxygens (including phenoxy) is 3. The first-order chi connectivity index (χ1) is 19.1. The summed E-state index contributed by atoms with van der Waals surface area (Å²) in [5.41, 5.74) is 5.25. The molecule has 39 heavy (non-hydrogen) atoms. The van der Waals surface area contributed by atoms with E-state index in [0.29, 0.717) is 30.0 Å². The molecule has 0 atom stereocenters. The number of aromatic nitrogens is 3. The zero-order valence-electron chi connectivity index (χ0n) is 21.6. The van der Waals surface area contributed by atoms with Crippen molar-refractivity contribution in [2.24, 2.45) is 5.10 Å². The third-order valence-corrected chi connectivity index (χ3v) is 4.99. The Morgan fingerprint density at radius 1 is 0.769 bits per heavy atom. The molecule has 3 aromatic carbocycles. The van der Waals surface area contributed by atoms with E-state index in [4.69, 9.17) is 14.2 Å². The van der Waals surface area contributed by atoms with E-state index in [0.717, 1.165) is 16.9 Å². The number of nitrogens with one attached hydrogen (secondary N) is 3. The summed E-state index contributed by atoms with van der Waals surface area (Å²) in [7, 11) is 0. The Morgan fingerprint density at radius 2 is 1.38 bits per heavy atom. The molecule has 0 spiro atoms. The van der Waals surface area contributed by atoms with Crippen molar-refractivity contribution in [1.82, 2.24) is 15.0 Å². The Labute approximate surface area is 226 Å². The molecule has 0 bridgehead atoms. The van der Waals surface area contributed by atoms with Crippen molar-refractivity contribution in [3.8, 4) is 11.5 Å². The summed E-state index contributed by atoms with van der Waals surface area (Å²) < 4.78 is 16.1. The Bertz CT molecular complexity index is 1330. The second kappa shape index (κ2) is 13.9. The number of esters is 1. The third-order valence-electron chi connectivity index (χ3n) is 4.99. The summed E-state index contributed by atoms with van der Waals surface area (Å²) in [6.07, 6.45) is 1.59. The summed E-state index contributed by atoms with van der Waals surface area (Å²) in [4.78, 5) is 25.0. The molecule has 3 N–H and O–H groups in total. The maximum Gasteiger partial charge on any atom is 0.344 e. The largest absolute Gasteiger partial charge is 0.490 e. The highest BCUT2D eigenvalue weighted by Gasteiger charge is 2.10. The van der Waals surface area contributed by atoms with Crippen LogP contribution in [-0.4, -0.2) is 47.0 Å². The van der Waals surface area contributed by atoms with Crippen LogP contribution >= 0.6 is 0 Å². The lowest BCUT2D eigenvalue weighted by atomic mass is 10.2. The van der Waals surface area contributed by atoms with E-state index in [9.17, 15) is 4.79 Å². The molecule has 1 heterocycles. The molecule has 0 aliphatic carbocycles. The van der Waals surface area contributed by atoms with E-state index in [1.165, 1.54) is 0 Å². The molecule has 4 rings (SSSR count). The standard InChI is InChI=1S/C28H29N7O4/c1-3-37-24-17-20(15-16-23(24)39-19-25(36)38-4-2)18-29-35-28-33-26(30-21-11-7-5-8-12-21)32-27(34-28)31-22-13-9-6-10-14-22/h5-18H,3-4,19H2,1-2H3,(H3,30,31,32,33,34,35)/b29-18-. The second-order valence-electron chi connectivity index (χ2n) is 7.89. The Hall–Kier alpha value is -5.19. The lowest BCUT2D eigenvalue weighted by molar-refractivity contribution is -0.145. The van der Waals surface area contributed by atoms with Crippen molar-refractivity contribution in [3.05, 3.63) is 84.4 Å². The number of rotatable bonds is 13. The van der Waals surface area contributed by atoms with Crippen LogP contribution in [0.25, 0.3) is 0 Å². The Balaban J connectivity index is 1.50. The van der Waals surface area contributed by atoms with Crippen LogP contribution in [0.4, 0.5) is 29.2 Å². The van der Waals surface area contributed by atoms with Gasteiger partial charge in [0.15, 0.2) is 18.1 Å². The van der Waals surface area contributed by atoms with Crippen LogP contribution in [0.5, 0.6) is 11.5 Å². The Kier molecular flexibility index (Phi) is 9.60. The van der Waals surface area contributed by atoms with Gasteiger partial charge in [0, 0.05) is 11.4 Å². The highest BCUT2D eigenvalue weighted by Crippen LogP contribution is 2.28. The topological polar surface area (TPSA) is 132 Å². The fourth-order valence-electron chi connectivity index (χ4n) is 3.34. The van der Waals surface area contributed by atoms with Crippen molar-refractivity contribution in [2.45, 2.75) is 13.8 Å². The smallest absolute Gasteiger partial charge is 0.344 e. The fourth-order valence-corrected chi connectivity index (χ4v) is 3.34. The molecule has 0 fully saturated rings. The predicted octanol–water partition coefficient (Wildman–Crippen LogP) is 5.15. The van der Waals surface area contributed by atoms with Crippen molar-refractivity contribution in [3.63, 3.8) is 0 Å². The van der Waals surface area contributed by atoms with Gasteiger partial charge in [-0.25, -0.2) is 10.2 Å². The van der Waals surface area contributed by atoms with Crippen LogP contribution in [0.2, 0.25) is 0 Å². The molecule has 0 aliphatic heterocycles. The molecule has 11 nitrogen and oxygen atoms in total. The summed E-state index contributed by atoms with van der Waals surface area (Å²) >= 11 is 0. The van der Waals surface area contributed by atoms with E-state index < -0.39 is 5.97 Å². The number of anilines is 5. The van der Waals surface area contributed by atoms with Crippen LogP contribution in [0.3, 0.4) is 0 Å². The van der Waals surface area contributed by atoms with Gasteiger partial charge in [-0.15, -0.1) is 0 Å². The van der Waals surface area contributed by atoms with E-state index >= 15 is 0 Å². The van der Waals surface area contributed by atoms with Gasteiger partial charge < -0.3 is 24.8 Å². The van der Waals surface area contributed by atoms with Crippen LogP contribution in [0, 0.1) is 0 Å². The number of carbonyl (C=O) groups is 1. The summed E-state index contributed by atoms with van der Waals surface area (Å²) in [6, 6.07) is 24.4. The molecule has 0 saturated heterocycles. The number of nitrogens with zero attached hydrogens (tertiary/aromatic N) is 4. The number of hydrazone groups is 1. The van der Waals surface area contributed by atoms with Gasteiger partial charge >= 0.3 is 5.97 Å². The molecule has 0 unspecified atom stereocenters. The molecular weight excluding hydrogens is 498 g/mol. The molecule has 200 valence electrons. The molecule has 4 aromatic rings. The van der Waals surface area contributed by atoms with E-state index in [2.05, 4.69) is 36.1 Å². The van der Waals surface area contributed by atoms with Gasteiger partial charge in [0.05, 0.1) is 19.4 Å². The number of hydrogen-bond acceptors (Lipinski definition) is 11. The monoisotopic (exact) mass is 527 g/mol. The zero-order valence-corrected chi connectivity index (χ0v) is 21.6. The maximum atomic E-state index is 11.6. The fraction of sp³-hybridized carbons (Fsp3) is 0.179. The number of benzene rings is 3. The molecule has 0 aliphatic rings. The van der Waals surface area contributed by atoms with Gasteiger partial charge in [0.2, 0.25) is 17.8 Å². The summed E-state index contributed by atoms with van der Waals surface area (Å²) in [5, 5.41) is 10.6. The number of carbonyl (C=O) groups excluding carboxylic acids is 1. The molecule has 11 heteroatoms. The SMILES string of the molecule is CCOC(=O)COc1ccc(/C=N\Nc2nc(Nc3ccccc3)nc(Nc3ccccc3)n2)cc1OCC. The van der Waals surface area contributed by atoms with Gasteiger partial charge in [0.1, 0.15) is 0 Å². The number of para-hydroxylation sites is 2. The average molecular weight is 528 g/mol. The van der Waals surface area contributed by atoms with Gasteiger partial charge in [-0.3, -0.25) is 0 Å². The van der Waals surface area contributed by atoms with Gasteiger partial charge in [0.25, 0.3) is 0 Å². The Morgan fingerprint density at radius 3 is 1.97 bits per heavy atom. The van der Waals surface area contributed by atoms with Gasteiger partial charge in [-0.2, -0.15) is 20.1 Å². The van der Waals surface area contributed by atoms with Crippen LogP contribution in [0.1, 0.15) is 19.4 Å². The minimum atomic E-state index is -0.450. The van der Waals surface area contributed by atoms with Gasteiger partial charge in [-0.05, 0) is 61.9 Å². The van der Waals surface area contributed by atoms with Crippen molar-refractivity contribution in [2.75, 3.05) is 35.9 Å². The minimum Gasteiger partial charge on any atom is -0.490 e. The van der Waals surface area contributed by atoms with Crippen molar-refractivity contribution in [1.29, 1.82) is 0 Å². The predicted molar refractivity (Wildman–Crippen MR) is 150 cm³/mol. The lowest BCUT2D eigenvalue weighted by Gasteiger charge is -2.12. The molecule has 0 amide bonds. The average Bonchev–Trinajstić information content (AvgIpc) is 2.94. The molecule has 0 radical (unpaired) electrons. The minimum absolute atomic E-state index is 0.207. The third kappa shape index (κ3) is 8.42.